The fourth-order valence-corrected chi connectivity index (χ4v) is 2.38. The molecule has 0 atom stereocenters. The molecule has 0 aromatic carbocycles. The van der Waals surface area contributed by atoms with Gasteiger partial charge in [-0.2, -0.15) is 0 Å². The summed E-state index contributed by atoms with van der Waals surface area (Å²) in [6.45, 7) is 7.71. The lowest BCUT2D eigenvalue weighted by Gasteiger charge is -2.35. The molecule has 1 saturated heterocycles. The molecule has 0 radical (unpaired) electrons. The van der Waals surface area contributed by atoms with E-state index >= 15 is 0 Å². The van der Waals surface area contributed by atoms with Crippen molar-refractivity contribution in [3.8, 4) is 0 Å². The minimum Gasteiger partial charge on any atom is -0.353 e. The van der Waals surface area contributed by atoms with Crippen molar-refractivity contribution in [3.05, 3.63) is 22.8 Å². The van der Waals surface area contributed by atoms with Crippen LogP contribution in [0.4, 0.5) is 5.82 Å². The molecule has 0 aliphatic carbocycles. The summed E-state index contributed by atoms with van der Waals surface area (Å²) in [5.41, 5.74) is 0. The quantitative estimate of drug-likeness (QED) is 0.902. The number of carbonyl (C=O) groups is 1. The molecule has 2 heterocycles. The van der Waals surface area contributed by atoms with Crippen molar-refractivity contribution >= 4 is 27.7 Å². The molecular weight excluding hydrogens is 320 g/mol. The Kier molecular flexibility index (Phi) is 5.37. The minimum atomic E-state index is 0.183. The number of halogens is 1. The lowest BCUT2D eigenvalue weighted by Crippen LogP contribution is -2.51. The zero-order valence-electron chi connectivity index (χ0n) is 12.0. The van der Waals surface area contributed by atoms with Crippen LogP contribution in [0.3, 0.4) is 0 Å². The zero-order chi connectivity index (χ0) is 14.5. The van der Waals surface area contributed by atoms with Gasteiger partial charge in [-0.1, -0.05) is 13.8 Å². The molecule has 1 aromatic rings. The van der Waals surface area contributed by atoms with Gasteiger partial charge in [0.2, 0.25) is 5.91 Å². The Labute approximate surface area is 128 Å². The maximum absolute atomic E-state index is 12.0. The standard InChI is InChI=1S/C14H21BrN4O/c1-11(2)16-10-14(20)19-7-5-18(6-8-19)13-4-3-12(15)9-17-13/h3-4,9,11,16H,5-8,10H2,1-2H3. The van der Waals surface area contributed by atoms with Crippen molar-refractivity contribution < 1.29 is 4.79 Å². The zero-order valence-corrected chi connectivity index (χ0v) is 13.6. The molecule has 1 aliphatic rings. The number of hydrogen-bond acceptors (Lipinski definition) is 4. The number of piperazine rings is 1. The maximum atomic E-state index is 12.0. The summed E-state index contributed by atoms with van der Waals surface area (Å²) in [4.78, 5) is 20.5. The predicted octanol–water partition coefficient (Wildman–Crippen LogP) is 1.49. The van der Waals surface area contributed by atoms with E-state index in [-0.39, 0.29) is 5.91 Å². The van der Waals surface area contributed by atoms with Gasteiger partial charge in [0.05, 0.1) is 6.54 Å². The number of pyridine rings is 1. The largest absolute Gasteiger partial charge is 0.353 e. The third-order valence-corrected chi connectivity index (χ3v) is 3.80. The molecule has 0 unspecified atom stereocenters. The molecule has 6 heteroatoms. The molecule has 0 bridgehead atoms. The molecule has 1 aromatic heterocycles. The summed E-state index contributed by atoms with van der Waals surface area (Å²) in [5.74, 6) is 1.16. The molecular formula is C14H21BrN4O. The van der Waals surface area contributed by atoms with Gasteiger partial charge >= 0.3 is 0 Å². The summed E-state index contributed by atoms with van der Waals surface area (Å²) in [6.07, 6.45) is 1.80. The average Bonchev–Trinajstić information content (AvgIpc) is 2.46. The molecule has 1 aliphatic heterocycles. The van der Waals surface area contributed by atoms with E-state index < -0.39 is 0 Å². The maximum Gasteiger partial charge on any atom is 0.236 e. The molecule has 0 spiro atoms. The Morgan fingerprint density at radius 3 is 2.60 bits per heavy atom. The van der Waals surface area contributed by atoms with Crippen LogP contribution in [0.25, 0.3) is 0 Å². The van der Waals surface area contributed by atoms with Crippen LogP contribution in [-0.4, -0.2) is 54.6 Å². The van der Waals surface area contributed by atoms with E-state index in [4.69, 9.17) is 0 Å². The molecule has 0 saturated carbocycles. The Balaban J connectivity index is 1.83. The van der Waals surface area contributed by atoms with Crippen LogP contribution in [0.15, 0.2) is 22.8 Å². The van der Waals surface area contributed by atoms with Crippen molar-refractivity contribution in [1.29, 1.82) is 0 Å². The predicted molar refractivity (Wildman–Crippen MR) is 83.9 cm³/mol. The third-order valence-electron chi connectivity index (χ3n) is 3.33. The van der Waals surface area contributed by atoms with Gasteiger partial charge in [0.15, 0.2) is 0 Å². The van der Waals surface area contributed by atoms with Crippen LogP contribution in [0, 0.1) is 0 Å². The highest BCUT2D eigenvalue weighted by Crippen LogP contribution is 2.16. The number of nitrogens with one attached hydrogen (secondary N) is 1. The molecule has 1 fully saturated rings. The number of carbonyl (C=O) groups excluding carboxylic acids is 1. The lowest BCUT2D eigenvalue weighted by atomic mass is 10.3. The van der Waals surface area contributed by atoms with Crippen molar-refractivity contribution in [2.75, 3.05) is 37.6 Å². The average molecular weight is 341 g/mol. The van der Waals surface area contributed by atoms with Crippen molar-refractivity contribution in [2.45, 2.75) is 19.9 Å². The second-order valence-corrected chi connectivity index (χ2v) is 6.15. The summed E-state index contributed by atoms with van der Waals surface area (Å²) >= 11 is 3.39. The number of nitrogens with zero attached hydrogens (tertiary/aromatic N) is 3. The molecule has 110 valence electrons. The van der Waals surface area contributed by atoms with Gasteiger partial charge in [-0.3, -0.25) is 4.79 Å². The highest BCUT2D eigenvalue weighted by atomic mass is 79.9. The van der Waals surface area contributed by atoms with E-state index in [1.807, 2.05) is 30.9 Å². The topological polar surface area (TPSA) is 48.5 Å². The van der Waals surface area contributed by atoms with Crippen molar-refractivity contribution in [2.24, 2.45) is 0 Å². The van der Waals surface area contributed by atoms with E-state index in [9.17, 15) is 4.79 Å². The number of hydrogen-bond donors (Lipinski definition) is 1. The van der Waals surface area contributed by atoms with Crippen LogP contribution >= 0.6 is 15.9 Å². The smallest absolute Gasteiger partial charge is 0.236 e. The second kappa shape index (κ2) is 7.04. The molecule has 20 heavy (non-hydrogen) atoms. The second-order valence-electron chi connectivity index (χ2n) is 5.24. The van der Waals surface area contributed by atoms with Crippen LogP contribution in [0.5, 0.6) is 0 Å². The molecule has 5 nitrogen and oxygen atoms in total. The number of anilines is 1. The van der Waals surface area contributed by atoms with Crippen LogP contribution in [0.1, 0.15) is 13.8 Å². The van der Waals surface area contributed by atoms with Crippen molar-refractivity contribution in [3.63, 3.8) is 0 Å². The first-order valence-electron chi connectivity index (χ1n) is 6.94. The molecule has 1 amide bonds. The third kappa shape index (κ3) is 4.18. The molecule has 1 N–H and O–H groups in total. The highest BCUT2D eigenvalue weighted by Gasteiger charge is 2.21. The fourth-order valence-electron chi connectivity index (χ4n) is 2.14. The van der Waals surface area contributed by atoms with Crippen LogP contribution in [0.2, 0.25) is 0 Å². The first-order chi connectivity index (χ1) is 9.56. The van der Waals surface area contributed by atoms with Crippen LogP contribution in [-0.2, 0) is 4.79 Å². The summed E-state index contributed by atoms with van der Waals surface area (Å²) in [7, 11) is 0. The van der Waals surface area contributed by atoms with Gasteiger partial charge in [0, 0.05) is 42.9 Å². The number of rotatable bonds is 4. The van der Waals surface area contributed by atoms with E-state index in [2.05, 4.69) is 31.1 Å². The summed E-state index contributed by atoms with van der Waals surface area (Å²) in [5, 5.41) is 3.17. The van der Waals surface area contributed by atoms with Gasteiger partial charge in [-0.15, -0.1) is 0 Å². The summed E-state index contributed by atoms with van der Waals surface area (Å²) < 4.78 is 0.981. The van der Waals surface area contributed by atoms with Gasteiger partial charge in [-0.25, -0.2) is 4.98 Å². The molecule has 2 rings (SSSR count). The Morgan fingerprint density at radius 1 is 1.35 bits per heavy atom. The normalized spacial score (nSPS) is 15.8. The van der Waals surface area contributed by atoms with Gasteiger partial charge in [0.1, 0.15) is 5.82 Å². The van der Waals surface area contributed by atoms with E-state index in [0.717, 1.165) is 36.5 Å². The van der Waals surface area contributed by atoms with E-state index in [0.29, 0.717) is 12.6 Å². The lowest BCUT2D eigenvalue weighted by molar-refractivity contribution is -0.130. The van der Waals surface area contributed by atoms with Gasteiger partial charge < -0.3 is 15.1 Å². The van der Waals surface area contributed by atoms with Crippen LogP contribution < -0.4 is 10.2 Å². The number of amides is 1. The fraction of sp³-hybridized carbons (Fsp3) is 0.571. The van der Waals surface area contributed by atoms with E-state index in [1.165, 1.54) is 0 Å². The monoisotopic (exact) mass is 340 g/mol. The Morgan fingerprint density at radius 2 is 2.05 bits per heavy atom. The first kappa shape index (κ1) is 15.3. The van der Waals surface area contributed by atoms with E-state index in [1.54, 1.807) is 6.20 Å². The highest BCUT2D eigenvalue weighted by molar-refractivity contribution is 9.10. The summed E-state index contributed by atoms with van der Waals surface area (Å²) in [6, 6.07) is 4.33. The first-order valence-corrected chi connectivity index (χ1v) is 7.73. The Hall–Kier alpha value is -1.14. The van der Waals surface area contributed by atoms with Crippen molar-refractivity contribution in [1.82, 2.24) is 15.2 Å². The number of aromatic nitrogens is 1. The Bertz CT molecular complexity index is 441. The van der Waals surface area contributed by atoms with Gasteiger partial charge in [-0.05, 0) is 28.1 Å². The van der Waals surface area contributed by atoms with Gasteiger partial charge in [0.25, 0.3) is 0 Å². The SMILES string of the molecule is CC(C)NCC(=O)N1CCN(c2ccc(Br)cn2)CC1. The minimum absolute atomic E-state index is 0.183.